The molecule has 1 atom stereocenters. The molecule has 0 bridgehead atoms. The molecule has 0 aromatic rings. The van der Waals surface area contributed by atoms with Gasteiger partial charge in [0.1, 0.15) is 0 Å². The molecule has 1 unspecified atom stereocenters. The van der Waals surface area contributed by atoms with E-state index in [2.05, 4.69) is 25.9 Å². The van der Waals surface area contributed by atoms with Crippen LogP contribution in [0.5, 0.6) is 0 Å². The second-order valence-corrected chi connectivity index (χ2v) is 3.22. The lowest BCUT2D eigenvalue weighted by molar-refractivity contribution is -0.169. The molecule has 0 rings (SSSR count). The first-order valence-corrected chi connectivity index (χ1v) is 5.06. The molecule has 0 aliphatic carbocycles. The Morgan fingerprint density at radius 1 is 1.00 bits per heavy atom. The van der Waals surface area contributed by atoms with Crippen LogP contribution >= 0.6 is 0 Å². The van der Waals surface area contributed by atoms with Crippen LogP contribution in [0, 0.1) is 0 Å². The van der Waals surface area contributed by atoms with E-state index in [0.29, 0.717) is 19.3 Å². The summed E-state index contributed by atoms with van der Waals surface area (Å²) in [7, 11) is 4.11. The van der Waals surface area contributed by atoms with Crippen LogP contribution in [0.3, 0.4) is 0 Å². The van der Waals surface area contributed by atoms with E-state index in [1.165, 1.54) is 0 Å². The second-order valence-electron chi connectivity index (χ2n) is 3.22. The zero-order valence-corrected chi connectivity index (χ0v) is 9.54. The van der Waals surface area contributed by atoms with Gasteiger partial charge in [0.2, 0.25) is 0 Å². The van der Waals surface area contributed by atoms with E-state index in [-0.39, 0.29) is 6.29 Å². The van der Waals surface area contributed by atoms with Crippen molar-refractivity contribution >= 4 is 0 Å². The lowest BCUT2D eigenvalue weighted by atomic mass is 10.2. The molecule has 0 aromatic carbocycles. The predicted octanol–water partition coefficient (Wildman–Crippen LogP) is 1.73. The molecule has 13 heavy (non-hydrogen) atoms. The van der Waals surface area contributed by atoms with Crippen molar-refractivity contribution in [2.75, 3.05) is 27.3 Å². The minimum absolute atomic E-state index is 0.0880. The quantitative estimate of drug-likeness (QED) is 0.569. The minimum Gasteiger partial charge on any atom is -0.351 e. The van der Waals surface area contributed by atoms with Gasteiger partial charge in [-0.05, 0) is 34.4 Å². The number of hydrogen-bond donors (Lipinski definition) is 0. The number of likely N-dealkylation sites (N-methyl/N-ethyl adjacent to an activating group) is 1. The standard InChI is InChI=1S/C10H23NO2/c1-6-9(11(4)5)10(12-7-2)13-8-3/h9-10H,6-8H2,1-5H3. The van der Waals surface area contributed by atoms with Gasteiger partial charge in [-0.25, -0.2) is 0 Å². The highest BCUT2D eigenvalue weighted by Gasteiger charge is 2.22. The maximum Gasteiger partial charge on any atom is 0.172 e. The Kier molecular flexibility index (Phi) is 7.23. The fraction of sp³-hybridized carbons (Fsp3) is 1.00. The van der Waals surface area contributed by atoms with Gasteiger partial charge in [0.05, 0.1) is 6.04 Å². The van der Waals surface area contributed by atoms with E-state index in [9.17, 15) is 0 Å². The van der Waals surface area contributed by atoms with Crippen LogP contribution in [0.1, 0.15) is 27.2 Å². The molecular formula is C10H23NO2. The van der Waals surface area contributed by atoms with Gasteiger partial charge in [-0.2, -0.15) is 0 Å². The van der Waals surface area contributed by atoms with Crippen LogP contribution in [0.2, 0.25) is 0 Å². The maximum absolute atomic E-state index is 5.53. The normalized spacial score (nSPS) is 14.1. The molecule has 0 spiro atoms. The third kappa shape index (κ3) is 4.60. The monoisotopic (exact) mass is 189 g/mol. The number of hydrogen-bond acceptors (Lipinski definition) is 3. The van der Waals surface area contributed by atoms with Crippen molar-refractivity contribution in [1.82, 2.24) is 4.90 Å². The third-order valence-electron chi connectivity index (χ3n) is 2.06. The van der Waals surface area contributed by atoms with E-state index in [1.807, 2.05) is 13.8 Å². The molecule has 0 radical (unpaired) electrons. The smallest absolute Gasteiger partial charge is 0.172 e. The van der Waals surface area contributed by atoms with Crippen molar-refractivity contribution in [3.63, 3.8) is 0 Å². The molecule has 0 amide bonds. The highest BCUT2D eigenvalue weighted by atomic mass is 16.7. The fourth-order valence-electron chi connectivity index (χ4n) is 1.40. The van der Waals surface area contributed by atoms with Crippen molar-refractivity contribution in [1.29, 1.82) is 0 Å². The van der Waals surface area contributed by atoms with E-state index in [4.69, 9.17) is 9.47 Å². The molecule has 0 aliphatic rings. The number of nitrogens with zero attached hydrogens (tertiary/aromatic N) is 1. The third-order valence-corrected chi connectivity index (χ3v) is 2.06. The lowest BCUT2D eigenvalue weighted by Gasteiger charge is -2.30. The largest absolute Gasteiger partial charge is 0.351 e. The first-order valence-electron chi connectivity index (χ1n) is 5.06. The van der Waals surface area contributed by atoms with Crippen molar-refractivity contribution in [2.45, 2.75) is 39.5 Å². The molecular weight excluding hydrogens is 166 g/mol. The highest BCUT2D eigenvalue weighted by molar-refractivity contribution is 4.68. The van der Waals surface area contributed by atoms with Crippen LogP contribution in [-0.4, -0.2) is 44.5 Å². The van der Waals surface area contributed by atoms with Crippen LogP contribution < -0.4 is 0 Å². The summed E-state index contributed by atoms with van der Waals surface area (Å²) in [5.74, 6) is 0. The van der Waals surface area contributed by atoms with Gasteiger partial charge in [0, 0.05) is 13.2 Å². The summed E-state index contributed by atoms with van der Waals surface area (Å²) in [5, 5.41) is 0. The summed E-state index contributed by atoms with van der Waals surface area (Å²) in [4.78, 5) is 2.15. The zero-order valence-electron chi connectivity index (χ0n) is 9.54. The topological polar surface area (TPSA) is 21.7 Å². The van der Waals surface area contributed by atoms with E-state index in [0.717, 1.165) is 6.42 Å². The van der Waals surface area contributed by atoms with Crippen molar-refractivity contribution < 1.29 is 9.47 Å². The Labute approximate surface area is 82.0 Å². The van der Waals surface area contributed by atoms with Crippen molar-refractivity contribution in [3.8, 4) is 0 Å². The molecule has 3 heteroatoms. The van der Waals surface area contributed by atoms with E-state index < -0.39 is 0 Å². The zero-order chi connectivity index (χ0) is 10.3. The Balaban J connectivity index is 4.11. The Morgan fingerprint density at radius 3 is 1.69 bits per heavy atom. The molecule has 0 N–H and O–H groups in total. The molecule has 0 aliphatic heterocycles. The molecule has 3 nitrogen and oxygen atoms in total. The number of rotatable bonds is 7. The molecule has 0 heterocycles. The summed E-state index contributed by atoms with van der Waals surface area (Å²) in [5.41, 5.74) is 0. The first-order chi connectivity index (χ1) is 6.17. The summed E-state index contributed by atoms with van der Waals surface area (Å²) >= 11 is 0. The Hall–Kier alpha value is -0.120. The van der Waals surface area contributed by atoms with Crippen molar-refractivity contribution in [2.24, 2.45) is 0 Å². The average Bonchev–Trinajstić information content (AvgIpc) is 2.05. The lowest BCUT2D eigenvalue weighted by Crippen LogP contribution is -2.41. The van der Waals surface area contributed by atoms with Gasteiger partial charge in [0.25, 0.3) is 0 Å². The molecule has 0 saturated heterocycles. The Morgan fingerprint density at radius 2 is 1.46 bits per heavy atom. The summed E-state index contributed by atoms with van der Waals surface area (Å²) in [6.45, 7) is 7.54. The molecule has 80 valence electrons. The molecule has 0 fully saturated rings. The van der Waals surface area contributed by atoms with Gasteiger partial charge in [-0.15, -0.1) is 0 Å². The summed E-state index contributed by atoms with van der Waals surface area (Å²) in [6, 6.07) is 0.347. The average molecular weight is 189 g/mol. The van der Waals surface area contributed by atoms with E-state index in [1.54, 1.807) is 0 Å². The van der Waals surface area contributed by atoms with Crippen LogP contribution in [0.15, 0.2) is 0 Å². The molecule has 0 saturated carbocycles. The van der Waals surface area contributed by atoms with Gasteiger partial charge in [-0.3, -0.25) is 0 Å². The second kappa shape index (κ2) is 7.30. The van der Waals surface area contributed by atoms with Gasteiger partial charge in [0.15, 0.2) is 6.29 Å². The fourth-order valence-corrected chi connectivity index (χ4v) is 1.40. The predicted molar refractivity (Wildman–Crippen MR) is 54.8 cm³/mol. The SMILES string of the molecule is CCOC(OCC)C(CC)N(C)C. The molecule has 0 aromatic heterocycles. The van der Waals surface area contributed by atoms with Crippen LogP contribution in [0.25, 0.3) is 0 Å². The minimum atomic E-state index is -0.0880. The van der Waals surface area contributed by atoms with E-state index >= 15 is 0 Å². The van der Waals surface area contributed by atoms with Crippen LogP contribution in [0.4, 0.5) is 0 Å². The Bertz CT molecular complexity index is 111. The highest BCUT2D eigenvalue weighted by Crippen LogP contribution is 2.10. The van der Waals surface area contributed by atoms with Crippen molar-refractivity contribution in [3.05, 3.63) is 0 Å². The number of ether oxygens (including phenoxy) is 2. The first kappa shape index (κ1) is 12.9. The van der Waals surface area contributed by atoms with Gasteiger partial charge in [-0.1, -0.05) is 6.92 Å². The maximum atomic E-state index is 5.53. The summed E-state index contributed by atoms with van der Waals surface area (Å²) < 4.78 is 11.1. The van der Waals surface area contributed by atoms with Gasteiger partial charge >= 0.3 is 0 Å². The van der Waals surface area contributed by atoms with Gasteiger partial charge < -0.3 is 14.4 Å². The summed E-state index contributed by atoms with van der Waals surface area (Å²) in [6.07, 6.45) is 0.951. The van der Waals surface area contributed by atoms with Crippen LogP contribution in [-0.2, 0) is 9.47 Å².